The molecule has 0 radical (unpaired) electrons. The predicted octanol–water partition coefficient (Wildman–Crippen LogP) is 0.761. The Kier molecular flexibility index (Phi) is 2.22. The molecule has 0 aliphatic carbocycles. The van der Waals surface area contributed by atoms with E-state index in [9.17, 15) is 9.18 Å². The Balaban J connectivity index is 2.76. The minimum atomic E-state index is -0.580. The smallest absolute Gasteiger partial charge is 0.252 e. The van der Waals surface area contributed by atoms with Crippen LogP contribution < -0.4 is 5.56 Å². The molecule has 0 aliphatic rings. The molecule has 2 heterocycles. The molecule has 0 amide bonds. The monoisotopic (exact) mass is 193 g/mol. The first-order valence-corrected chi connectivity index (χ1v) is 4.18. The summed E-state index contributed by atoms with van der Waals surface area (Å²) < 4.78 is 13.5. The maximum atomic E-state index is 12.2. The Labute approximate surface area is 79.0 Å². The average Bonchev–Trinajstić information content (AvgIpc) is 2.23. The molecule has 0 saturated carbocycles. The lowest BCUT2D eigenvalue weighted by atomic mass is 10.3. The van der Waals surface area contributed by atoms with Crippen molar-refractivity contribution in [2.75, 3.05) is 6.67 Å². The lowest BCUT2D eigenvalue weighted by Crippen LogP contribution is -2.20. The van der Waals surface area contributed by atoms with Crippen molar-refractivity contribution < 1.29 is 4.39 Å². The lowest BCUT2D eigenvalue weighted by Gasteiger charge is -2.05. The van der Waals surface area contributed by atoms with Crippen LogP contribution in [0.5, 0.6) is 0 Å². The van der Waals surface area contributed by atoms with Gasteiger partial charge in [-0.1, -0.05) is 0 Å². The zero-order valence-electron chi connectivity index (χ0n) is 7.35. The van der Waals surface area contributed by atoms with Gasteiger partial charge in [0.05, 0.1) is 6.54 Å². The minimum absolute atomic E-state index is 0.0349. The summed E-state index contributed by atoms with van der Waals surface area (Å²) in [5, 5.41) is 0.737. The van der Waals surface area contributed by atoms with Crippen LogP contribution in [-0.4, -0.2) is 21.2 Å². The zero-order valence-corrected chi connectivity index (χ0v) is 7.35. The Morgan fingerprint density at radius 1 is 1.43 bits per heavy atom. The largest absolute Gasteiger partial charge is 0.290 e. The molecule has 2 aromatic heterocycles. The van der Waals surface area contributed by atoms with Gasteiger partial charge in [-0.15, -0.1) is 0 Å². The lowest BCUT2D eigenvalue weighted by molar-refractivity contribution is 0.445. The van der Waals surface area contributed by atoms with E-state index in [1.54, 1.807) is 12.3 Å². The summed E-state index contributed by atoms with van der Waals surface area (Å²) >= 11 is 0. The molecule has 0 unspecified atom stereocenters. The number of nitrogens with zero attached hydrogens (tertiary/aromatic N) is 3. The summed E-state index contributed by atoms with van der Waals surface area (Å²) in [6.07, 6.45) is 2.94. The maximum absolute atomic E-state index is 12.2. The van der Waals surface area contributed by atoms with Crippen molar-refractivity contribution in [2.45, 2.75) is 6.54 Å². The summed E-state index contributed by atoms with van der Waals surface area (Å²) in [4.78, 5) is 19.1. The van der Waals surface area contributed by atoms with Crippen LogP contribution in [0, 0.1) is 0 Å². The zero-order chi connectivity index (χ0) is 9.97. The van der Waals surface area contributed by atoms with Crippen molar-refractivity contribution in [1.82, 2.24) is 14.5 Å². The van der Waals surface area contributed by atoms with E-state index in [-0.39, 0.29) is 12.1 Å². The summed E-state index contributed by atoms with van der Waals surface area (Å²) in [5.41, 5.74) is 0.235. The second-order valence-electron chi connectivity index (χ2n) is 2.81. The van der Waals surface area contributed by atoms with Gasteiger partial charge < -0.3 is 0 Å². The van der Waals surface area contributed by atoms with Crippen molar-refractivity contribution in [2.24, 2.45) is 0 Å². The van der Waals surface area contributed by atoms with Gasteiger partial charge in [-0.05, 0) is 6.07 Å². The number of rotatable bonds is 2. The van der Waals surface area contributed by atoms with Gasteiger partial charge in [0.25, 0.3) is 5.56 Å². The number of fused-ring (bicyclic) bond motifs is 1. The van der Waals surface area contributed by atoms with Gasteiger partial charge in [0.2, 0.25) is 0 Å². The van der Waals surface area contributed by atoms with Crippen LogP contribution >= 0.6 is 0 Å². The molecule has 2 aromatic rings. The van der Waals surface area contributed by atoms with Crippen LogP contribution in [0.4, 0.5) is 4.39 Å². The van der Waals surface area contributed by atoms with Gasteiger partial charge in [0.1, 0.15) is 18.6 Å². The fourth-order valence-corrected chi connectivity index (χ4v) is 1.33. The minimum Gasteiger partial charge on any atom is -0.290 e. The predicted molar refractivity (Wildman–Crippen MR) is 49.8 cm³/mol. The fourth-order valence-electron chi connectivity index (χ4n) is 1.33. The first-order chi connectivity index (χ1) is 6.83. The first kappa shape index (κ1) is 8.80. The molecule has 0 saturated heterocycles. The Morgan fingerprint density at radius 2 is 2.29 bits per heavy atom. The third-order valence-corrected chi connectivity index (χ3v) is 1.95. The number of aromatic nitrogens is 3. The van der Waals surface area contributed by atoms with Gasteiger partial charge >= 0.3 is 0 Å². The highest BCUT2D eigenvalue weighted by molar-refractivity contribution is 5.73. The van der Waals surface area contributed by atoms with Crippen LogP contribution in [0.1, 0.15) is 0 Å². The normalized spacial score (nSPS) is 10.6. The van der Waals surface area contributed by atoms with Crippen molar-refractivity contribution in [3.05, 3.63) is 35.0 Å². The van der Waals surface area contributed by atoms with Crippen LogP contribution in [0.3, 0.4) is 0 Å². The van der Waals surface area contributed by atoms with Crippen LogP contribution in [0.2, 0.25) is 0 Å². The van der Waals surface area contributed by atoms with Crippen molar-refractivity contribution in [3.63, 3.8) is 0 Å². The summed E-state index contributed by atoms with van der Waals surface area (Å²) in [6.45, 7) is -0.545. The Hall–Kier alpha value is -1.78. The second kappa shape index (κ2) is 3.53. The van der Waals surface area contributed by atoms with E-state index in [0.29, 0.717) is 5.65 Å². The summed E-state index contributed by atoms with van der Waals surface area (Å²) in [6, 6.07) is 3.02. The topological polar surface area (TPSA) is 47.8 Å². The molecule has 2 rings (SSSR count). The van der Waals surface area contributed by atoms with E-state index in [2.05, 4.69) is 9.97 Å². The SMILES string of the molecule is O=c1ccc2cncnc2n1CCF. The first-order valence-electron chi connectivity index (χ1n) is 4.18. The number of pyridine rings is 1. The van der Waals surface area contributed by atoms with Crippen LogP contribution in [-0.2, 0) is 6.54 Å². The van der Waals surface area contributed by atoms with Gasteiger partial charge in [-0.25, -0.2) is 14.4 Å². The number of hydrogen-bond acceptors (Lipinski definition) is 3. The van der Waals surface area contributed by atoms with Crippen molar-refractivity contribution in [3.8, 4) is 0 Å². The average molecular weight is 193 g/mol. The number of hydrogen-bond donors (Lipinski definition) is 0. The second-order valence-corrected chi connectivity index (χ2v) is 2.81. The van der Waals surface area contributed by atoms with E-state index in [4.69, 9.17) is 0 Å². The summed E-state index contributed by atoms with van der Waals surface area (Å²) in [5.74, 6) is 0. The molecule has 4 nitrogen and oxygen atoms in total. The standard InChI is InChI=1S/C9H8FN3O/c10-3-4-13-8(14)2-1-7-5-11-6-12-9(7)13/h1-2,5-6H,3-4H2. The molecule has 0 spiro atoms. The number of alkyl halides is 1. The van der Waals surface area contributed by atoms with Gasteiger partial charge in [0.15, 0.2) is 0 Å². The highest BCUT2D eigenvalue weighted by Gasteiger charge is 2.02. The molecule has 0 bridgehead atoms. The third-order valence-electron chi connectivity index (χ3n) is 1.95. The third kappa shape index (κ3) is 1.37. The van der Waals surface area contributed by atoms with Crippen LogP contribution in [0.15, 0.2) is 29.5 Å². The Bertz CT molecular complexity index is 509. The quantitative estimate of drug-likeness (QED) is 0.707. The Morgan fingerprint density at radius 3 is 3.07 bits per heavy atom. The summed E-state index contributed by atoms with van der Waals surface area (Å²) in [7, 11) is 0. The molecule has 5 heteroatoms. The van der Waals surface area contributed by atoms with Gasteiger partial charge in [-0.3, -0.25) is 9.36 Å². The molecule has 0 atom stereocenters. The molecular formula is C9H8FN3O. The molecule has 0 N–H and O–H groups in total. The number of halogens is 1. The van der Waals surface area contributed by atoms with Crippen molar-refractivity contribution in [1.29, 1.82) is 0 Å². The van der Waals surface area contributed by atoms with E-state index in [1.807, 2.05) is 0 Å². The van der Waals surface area contributed by atoms with Crippen LogP contribution in [0.25, 0.3) is 11.0 Å². The van der Waals surface area contributed by atoms with E-state index in [1.165, 1.54) is 17.0 Å². The molecule has 0 aliphatic heterocycles. The van der Waals surface area contributed by atoms with Gasteiger partial charge in [-0.2, -0.15) is 0 Å². The highest BCUT2D eigenvalue weighted by Crippen LogP contribution is 2.05. The number of aryl methyl sites for hydroxylation is 1. The molecule has 14 heavy (non-hydrogen) atoms. The highest BCUT2D eigenvalue weighted by atomic mass is 19.1. The molecular weight excluding hydrogens is 185 g/mol. The van der Waals surface area contributed by atoms with Gasteiger partial charge in [0, 0.05) is 17.6 Å². The molecule has 0 fully saturated rings. The van der Waals surface area contributed by atoms with E-state index < -0.39 is 6.67 Å². The van der Waals surface area contributed by atoms with Crippen molar-refractivity contribution >= 4 is 11.0 Å². The van der Waals surface area contributed by atoms with E-state index >= 15 is 0 Å². The molecule has 0 aromatic carbocycles. The van der Waals surface area contributed by atoms with E-state index in [0.717, 1.165) is 5.39 Å². The maximum Gasteiger partial charge on any atom is 0.252 e. The molecule has 72 valence electrons. The fraction of sp³-hybridized carbons (Fsp3) is 0.222.